The summed E-state index contributed by atoms with van der Waals surface area (Å²) in [5, 5.41) is 19.8. The van der Waals surface area contributed by atoms with Gasteiger partial charge in [0.1, 0.15) is 0 Å². The van der Waals surface area contributed by atoms with Gasteiger partial charge in [-0.1, -0.05) is 18.2 Å². The van der Waals surface area contributed by atoms with Gasteiger partial charge in [-0.25, -0.2) is 4.79 Å². The molecule has 1 heterocycles. The van der Waals surface area contributed by atoms with E-state index < -0.39 is 5.97 Å². The molecule has 1 aliphatic rings. The molecular weight excluding hydrogens is 306 g/mol. The molecule has 1 aromatic heterocycles. The van der Waals surface area contributed by atoms with Crippen molar-refractivity contribution in [3.63, 3.8) is 0 Å². The summed E-state index contributed by atoms with van der Waals surface area (Å²) in [6, 6.07) is 12.5. The number of aromatic carboxylic acids is 1. The minimum Gasteiger partial charge on any atom is -0.478 e. The smallest absolute Gasteiger partial charge is 0.335 e. The van der Waals surface area contributed by atoms with Crippen LogP contribution in [0.4, 0.5) is 5.82 Å². The molecule has 0 aliphatic heterocycles. The number of carboxylic acids is 1. The van der Waals surface area contributed by atoms with Gasteiger partial charge in [0, 0.05) is 11.3 Å². The molecule has 3 aromatic rings. The van der Waals surface area contributed by atoms with Crippen LogP contribution in [0.5, 0.6) is 0 Å². The van der Waals surface area contributed by atoms with Gasteiger partial charge < -0.3 is 10.4 Å². The Morgan fingerprint density at radius 2 is 1.79 bits per heavy atom. The van der Waals surface area contributed by atoms with Crippen LogP contribution in [-0.2, 0) is 4.79 Å². The summed E-state index contributed by atoms with van der Waals surface area (Å²) < 4.78 is 0. The highest BCUT2D eigenvalue weighted by Gasteiger charge is 2.30. The monoisotopic (exact) mass is 321 g/mol. The van der Waals surface area contributed by atoms with E-state index >= 15 is 0 Å². The third-order valence-electron chi connectivity index (χ3n) is 4.22. The first-order valence-electron chi connectivity index (χ1n) is 7.74. The highest BCUT2D eigenvalue weighted by molar-refractivity contribution is 6.02. The van der Waals surface area contributed by atoms with Gasteiger partial charge in [0.05, 0.1) is 11.1 Å². The lowest BCUT2D eigenvalue weighted by Gasteiger charge is -2.04. The number of carbonyl (C=O) groups excluding carboxylic acids is 1. The number of rotatable bonds is 4. The van der Waals surface area contributed by atoms with Crippen molar-refractivity contribution in [2.45, 2.75) is 12.8 Å². The molecule has 6 heteroatoms. The number of H-pyrrole nitrogens is 1. The minimum absolute atomic E-state index is 0.0248. The Kier molecular flexibility index (Phi) is 3.30. The zero-order valence-electron chi connectivity index (χ0n) is 12.7. The second-order valence-corrected chi connectivity index (χ2v) is 5.98. The summed E-state index contributed by atoms with van der Waals surface area (Å²) >= 11 is 0. The van der Waals surface area contributed by atoms with E-state index in [2.05, 4.69) is 15.5 Å². The zero-order chi connectivity index (χ0) is 16.7. The normalized spacial score (nSPS) is 13.8. The first kappa shape index (κ1) is 14.4. The van der Waals surface area contributed by atoms with Gasteiger partial charge in [-0.15, -0.1) is 0 Å². The molecule has 1 aliphatic carbocycles. The van der Waals surface area contributed by atoms with E-state index in [0.717, 1.165) is 34.9 Å². The second kappa shape index (κ2) is 5.49. The molecule has 3 N–H and O–H groups in total. The van der Waals surface area contributed by atoms with Crippen LogP contribution in [0.3, 0.4) is 0 Å². The van der Waals surface area contributed by atoms with Crippen LogP contribution >= 0.6 is 0 Å². The Hall–Kier alpha value is -3.15. The summed E-state index contributed by atoms with van der Waals surface area (Å²) in [6.45, 7) is 0. The number of nitrogens with zero attached hydrogens (tertiary/aromatic N) is 1. The van der Waals surface area contributed by atoms with Crippen molar-refractivity contribution in [2.24, 2.45) is 5.92 Å². The van der Waals surface area contributed by atoms with Crippen LogP contribution in [0.15, 0.2) is 42.5 Å². The number of carboxylic acid groups (broad SMARTS) is 1. The predicted molar refractivity (Wildman–Crippen MR) is 89.8 cm³/mol. The molecule has 0 spiro atoms. The number of aromatic amines is 1. The van der Waals surface area contributed by atoms with Gasteiger partial charge >= 0.3 is 5.97 Å². The van der Waals surface area contributed by atoms with Crippen LogP contribution in [0, 0.1) is 5.92 Å². The molecule has 4 rings (SSSR count). The summed E-state index contributed by atoms with van der Waals surface area (Å²) in [7, 11) is 0. The van der Waals surface area contributed by atoms with Crippen LogP contribution in [0.1, 0.15) is 23.2 Å². The lowest BCUT2D eigenvalue weighted by atomic mass is 10.0. The molecule has 0 unspecified atom stereocenters. The number of anilines is 1. The molecule has 0 bridgehead atoms. The van der Waals surface area contributed by atoms with E-state index in [1.165, 1.54) is 0 Å². The predicted octanol–water partition coefficient (Wildman–Crippen LogP) is 3.28. The van der Waals surface area contributed by atoms with Crippen LogP contribution in [0.25, 0.3) is 22.0 Å². The maximum atomic E-state index is 11.9. The average molecular weight is 321 g/mol. The van der Waals surface area contributed by atoms with Crippen LogP contribution < -0.4 is 5.32 Å². The van der Waals surface area contributed by atoms with Gasteiger partial charge in [-0.05, 0) is 48.2 Å². The number of hydrogen-bond acceptors (Lipinski definition) is 3. The molecule has 0 radical (unpaired) electrons. The zero-order valence-corrected chi connectivity index (χ0v) is 12.7. The molecule has 1 saturated carbocycles. The van der Waals surface area contributed by atoms with Gasteiger partial charge in [-0.2, -0.15) is 5.10 Å². The SMILES string of the molecule is O=C(O)c1ccc(-c2ccc3c(NC(=O)C4CC4)n[nH]c3c2)cc1. The van der Waals surface area contributed by atoms with E-state index in [4.69, 9.17) is 5.11 Å². The number of benzene rings is 2. The van der Waals surface area contributed by atoms with Crippen LogP contribution in [0.2, 0.25) is 0 Å². The van der Waals surface area contributed by atoms with Gasteiger partial charge in [0.15, 0.2) is 5.82 Å². The Morgan fingerprint density at radius 1 is 1.08 bits per heavy atom. The van der Waals surface area contributed by atoms with E-state index in [-0.39, 0.29) is 17.4 Å². The number of fused-ring (bicyclic) bond motifs is 1. The third-order valence-corrected chi connectivity index (χ3v) is 4.22. The van der Waals surface area contributed by atoms with Crippen molar-refractivity contribution in [2.75, 3.05) is 5.32 Å². The van der Waals surface area contributed by atoms with Crippen molar-refractivity contribution < 1.29 is 14.7 Å². The fraction of sp³-hybridized carbons (Fsp3) is 0.167. The first-order valence-corrected chi connectivity index (χ1v) is 7.74. The summed E-state index contributed by atoms with van der Waals surface area (Å²) in [4.78, 5) is 22.8. The summed E-state index contributed by atoms with van der Waals surface area (Å²) in [5.74, 6) is -0.239. The van der Waals surface area contributed by atoms with Crippen molar-refractivity contribution in [3.05, 3.63) is 48.0 Å². The quantitative estimate of drug-likeness (QED) is 0.687. The van der Waals surface area contributed by atoms with Crippen LogP contribution in [-0.4, -0.2) is 27.2 Å². The van der Waals surface area contributed by atoms with E-state index in [0.29, 0.717) is 5.82 Å². The topological polar surface area (TPSA) is 95.1 Å². The fourth-order valence-corrected chi connectivity index (χ4v) is 2.66. The van der Waals surface area contributed by atoms with E-state index in [1.807, 2.05) is 18.2 Å². The van der Waals surface area contributed by atoms with Gasteiger partial charge in [-0.3, -0.25) is 9.89 Å². The highest BCUT2D eigenvalue weighted by Crippen LogP contribution is 2.32. The minimum atomic E-state index is -0.943. The Balaban J connectivity index is 1.63. The first-order chi connectivity index (χ1) is 11.6. The molecular formula is C18H15N3O3. The lowest BCUT2D eigenvalue weighted by molar-refractivity contribution is -0.117. The van der Waals surface area contributed by atoms with Gasteiger partial charge in [0.25, 0.3) is 0 Å². The summed E-state index contributed by atoms with van der Waals surface area (Å²) in [6.07, 6.45) is 1.90. The number of carbonyl (C=O) groups is 2. The van der Waals surface area contributed by atoms with E-state index in [1.54, 1.807) is 24.3 Å². The molecule has 1 amide bonds. The molecule has 120 valence electrons. The maximum absolute atomic E-state index is 11.9. The Morgan fingerprint density at radius 3 is 2.46 bits per heavy atom. The maximum Gasteiger partial charge on any atom is 0.335 e. The molecule has 6 nitrogen and oxygen atoms in total. The largest absolute Gasteiger partial charge is 0.478 e. The number of hydrogen-bond donors (Lipinski definition) is 3. The number of amides is 1. The van der Waals surface area contributed by atoms with Gasteiger partial charge in [0.2, 0.25) is 5.91 Å². The lowest BCUT2D eigenvalue weighted by Crippen LogP contribution is -2.13. The second-order valence-electron chi connectivity index (χ2n) is 5.98. The van der Waals surface area contributed by atoms with Crippen molar-refractivity contribution in [3.8, 4) is 11.1 Å². The number of aromatic nitrogens is 2. The number of nitrogens with one attached hydrogen (secondary N) is 2. The fourth-order valence-electron chi connectivity index (χ4n) is 2.66. The molecule has 0 atom stereocenters. The third kappa shape index (κ3) is 2.62. The average Bonchev–Trinajstić information content (AvgIpc) is 3.37. The highest BCUT2D eigenvalue weighted by atomic mass is 16.4. The Labute approximate surface area is 137 Å². The van der Waals surface area contributed by atoms with Crippen molar-refractivity contribution in [1.82, 2.24) is 10.2 Å². The Bertz CT molecular complexity index is 940. The standard InChI is InChI=1S/C18H15N3O3/c22-17(11-3-4-11)19-16-14-8-7-13(9-15(14)20-21-16)10-1-5-12(6-2-10)18(23)24/h1-2,5-9,11H,3-4H2,(H,23,24)(H2,19,20,21,22). The molecule has 24 heavy (non-hydrogen) atoms. The molecule has 1 fully saturated rings. The molecule has 0 saturated heterocycles. The van der Waals surface area contributed by atoms with Crippen molar-refractivity contribution >= 4 is 28.6 Å². The van der Waals surface area contributed by atoms with Crippen molar-refractivity contribution in [1.29, 1.82) is 0 Å². The summed E-state index contributed by atoms with van der Waals surface area (Å²) in [5.41, 5.74) is 2.94. The molecule has 2 aromatic carbocycles. The van der Waals surface area contributed by atoms with E-state index in [9.17, 15) is 9.59 Å².